The second-order valence-corrected chi connectivity index (χ2v) is 1.70. The molecule has 0 atom stereocenters. The topological polar surface area (TPSA) is 38.0 Å². The number of hydrogen-bond acceptors (Lipinski definition) is 3. The van der Waals surface area contributed by atoms with Crippen LogP contribution in [0.3, 0.4) is 0 Å². The van der Waals surface area contributed by atoms with Gasteiger partial charge in [-0.1, -0.05) is 26.1 Å². The summed E-state index contributed by atoms with van der Waals surface area (Å²) in [5.41, 5.74) is 0. The first-order valence-corrected chi connectivity index (χ1v) is 3.43. The molecule has 0 aliphatic rings. The van der Waals surface area contributed by atoms with Gasteiger partial charge in [-0.25, -0.2) is 4.98 Å². The van der Waals surface area contributed by atoms with E-state index in [9.17, 15) is 0 Å². The molecule has 1 heterocycles. The molecular weight excluding hydrogens is 148 g/mol. The zero-order valence-corrected chi connectivity index (χ0v) is 6.80. The third kappa shape index (κ3) is 3.19. The molecule has 0 fully saturated rings. The first-order chi connectivity index (χ1) is 4.79. The zero-order chi connectivity index (χ0) is 7.98. The number of hydrogen-bond donors (Lipinski definition) is 1. The number of aromatic nitrogens is 2. The van der Waals surface area contributed by atoms with Crippen LogP contribution in [0.25, 0.3) is 0 Å². The van der Waals surface area contributed by atoms with Crippen LogP contribution in [0.2, 0.25) is 0 Å². The minimum Gasteiger partial charge on any atom is -0.428 e. The predicted octanol–water partition coefficient (Wildman–Crippen LogP) is 1.88. The van der Waals surface area contributed by atoms with Crippen LogP contribution < -0.4 is 0 Å². The quantitative estimate of drug-likeness (QED) is 0.462. The normalized spacial score (nSPS) is 7.80. The van der Waals surface area contributed by atoms with Gasteiger partial charge in [0.15, 0.2) is 0 Å². The molecule has 0 aliphatic heterocycles. The summed E-state index contributed by atoms with van der Waals surface area (Å²) >= 11 is 4.64. The Kier molecular flexibility index (Phi) is 4.49. The monoisotopic (exact) mass is 158 g/mol. The molecule has 0 amide bonds. The van der Waals surface area contributed by atoms with Crippen molar-refractivity contribution in [3.05, 3.63) is 23.2 Å². The second kappa shape index (κ2) is 4.93. The van der Waals surface area contributed by atoms with Crippen LogP contribution in [0.5, 0.6) is 0 Å². The summed E-state index contributed by atoms with van der Waals surface area (Å²) in [6, 6.07) is 1.54. The van der Waals surface area contributed by atoms with Gasteiger partial charge in [0.2, 0.25) is 0 Å². The molecule has 0 aliphatic carbocycles. The molecule has 3 nitrogen and oxygen atoms in total. The lowest BCUT2D eigenvalue weighted by Gasteiger charge is -1.89. The minimum atomic E-state index is 0.482. The van der Waals surface area contributed by atoms with E-state index in [1.54, 1.807) is 0 Å². The third-order valence-corrected chi connectivity index (χ3v) is 0.915. The summed E-state index contributed by atoms with van der Waals surface area (Å²) in [5, 5.41) is 8.56. The molecule has 0 aromatic carbocycles. The largest absolute Gasteiger partial charge is 0.428 e. The van der Waals surface area contributed by atoms with E-state index in [0.29, 0.717) is 4.64 Å². The first-order valence-electron chi connectivity index (χ1n) is 3.02. The lowest BCUT2D eigenvalue weighted by molar-refractivity contribution is 0.180. The first kappa shape index (κ1) is 9.10. The van der Waals surface area contributed by atoms with Crippen molar-refractivity contribution in [1.82, 2.24) is 9.71 Å². The van der Waals surface area contributed by atoms with Crippen LogP contribution in [0.4, 0.5) is 0 Å². The van der Waals surface area contributed by atoms with Gasteiger partial charge in [-0.05, 0) is 6.07 Å². The molecule has 4 heteroatoms. The minimum absolute atomic E-state index is 0.482. The van der Waals surface area contributed by atoms with Crippen molar-refractivity contribution in [1.29, 1.82) is 0 Å². The van der Waals surface area contributed by atoms with Crippen LogP contribution in [-0.2, 0) is 0 Å². The van der Waals surface area contributed by atoms with Crippen LogP contribution in [-0.4, -0.2) is 14.9 Å². The van der Waals surface area contributed by atoms with Crippen molar-refractivity contribution in [2.24, 2.45) is 0 Å². The molecule has 0 saturated carbocycles. The molecule has 0 radical (unpaired) electrons. The van der Waals surface area contributed by atoms with Crippen molar-refractivity contribution in [3.63, 3.8) is 0 Å². The molecule has 1 N–H and O–H groups in total. The van der Waals surface area contributed by atoms with Crippen molar-refractivity contribution >= 4 is 12.2 Å². The molecule has 1 aromatic heterocycles. The molecule has 56 valence electrons. The van der Waals surface area contributed by atoms with E-state index in [0.717, 1.165) is 4.73 Å². The van der Waals surface area contributed by atoms with Crippen LogP contribution in [0.1, 0.15) is 13.8 Å². The molecule has 0 saturated heterocycles. The van der Waals surface area contributed by atoms with E-state index in [2.05, 4.69) is 17.2 Å². The summed E-state index contributed by atoms with van der Waals surface area (Å²) in [6.07, 6.45) is 2.66. The van der Waals surface area contributed by atoms with Crippen LogP contribution >= 0.6 is 12.2 Å². The average Bonchev–Trinajstić information content (AvgIpc) is 2.00. The Balaban J connectivity index is 0.000000371. The van der Waals surface area contributed by atoms with Crippen LogP contribution in [0.15, 0.2) is 18.6 Å². The zero-order valence-electron chi connectivity index (χ0n) is 5.98. The van der Waals surface area contributed by atoms with Gasteiger partial charge in [0, 0.05) is 6.20 Å². The number of rotatable bonds is 0. The highest BCUT2D eigenvalue weighted by atomic mass is 32.1. The van der Waals surface area contributed by atoms with Crippen molar-refractivity contribution in [3.8, 4) is 0 Å². The summed E-state index contributed by atoms with van der Waals surface area (Å²) in [6.45, 7) is 4.00. The Labute approximate surface area is 64.9 Å². The molecule has 0 spiro atoms. The Bertz CT molecular complexity index is 213. The fraction of sp³-hybridized carbons (Fsp3) is 0.333. The van der Waals surface area contributed by atoms with Crippen molar-refractivity contribution in [2.45, 2.75) is 13.8 Å². The van der Waals surface area contributed by atoms with E-state index < -0.39 is 0 Å². The number of nitrogens with zero attached hydrogens (tertiary/aromatic N) is 2. The Morgan fingerprint density at radius 2 is 2.20 bits per heavy atom. The Hall–Kier alpha value is -0.900. The second-order valence-electron chi connectivity index (χ2n) is 1.28. The highest BCUT2D eigenvalue weighted by Crippen LogP contribution is 1.80. The van der Waals surface area contributed by atoms with Crippen molar-refractivity contribution in [2.75, 3.05) is 0 Å². The van der Waals surface area contributed by atoms with Gasteiger partial charge in [0.25, 0.3) is 0 Å². The highest BCUT2D eigenvalue weighted by molar-refractivity contribution is 7.71. The maximum Gasteiger partial charge on any atom is 0.133 e. The van der Waals surface area contributed by atoms with Gasteiger partial charge in [-0.3, -0.25) is 0 Å². The van der Waals surface area contributed by atoms with Crippen molar-refractivity contribution < 1.29 is 5.21 Å². The Morgan fingerprint density at radius 1 is 1.60 bits per heavy atom. The van der Waals surface area contributed by atoms with E-state index in [1.807, 2.05) is 13.8 Å². The van der Waals surface area contributed by atoms with Crippen LogP contribution in [0, 0.1) is 4.64 Å². The summed E-state index contributed by atoms with van der Waals surface area (Å²) in [5.74, 6) is 0. The van der Waals surface area contributed by atoms with E-state index >= 15 is 0 Å². The fourth-order valence-corrected chi connectivity index (χ4v) is 0.446. The summed E-state index contributed by atoms with van der Waals surface area (Å²) < 4.78 is 1.32. The Morgan fingerprint density at radius 3 is 2.50 bits per heavy atom. The molecule has 10 heavy (non-hydrogen) atoms. The maximum atomic E-state index is 8.56. The average molecular weight is 158 g/mol. The van der Waals surface area contributed by atoms with E-state index in [4.69, 9.17) is 5.21 Å². The van der Waals surface area contributed by atoms with Gasteiger partial charge in [0.05, 0.1) is 0 Å². The van der Waals surface area contributed by atoms with Gasteiger partial charge in [0.1, 0.15) is 11.0 Å². The highest BCUT2D eigenvalue weighted by Gasteiger charge is 1.76. The maximum absolute atomic E-state index is 8.56. The molecule has 0 bridgehead atoms. The standard InChI is InChI=1S/C4H4N2OS.C2H6/c7-6-2-1-4(8)5-3-6;1-2/h1-3,7H;1-2H3. The SMILES string of the molecule is CC.On1ccc(=S)nc1. The summed E-state index contributed by atoms with van der Waals surface area (Å²) in [4.78, 5) is 3.61. The fourth-order valence-electron chi connectivity index (χ4n) is 0.338. The molecule has 0 unspecified atom stereocenters. The van der Waals surface area contributed by atoms with Gasteiger partial charge in [-0.15, -0.1) is 0 Å². The van der Waals surface area contributed by atoms with Gasteiger partial charge < -0.3 is 5.21 Å². The third-order valence-electron chi connectivity index (χ3n) is 0.673. The van der Waals surface area contributed by atoms with E-state index in [-0.39, 0.29) is 0 Å². The lowest BCUT2D eigenvalue weighted by Crippen LogP contribution is -1.89. The van der Waals surface area contributed by atoms with E-state index in [1.165, 1.54) is 18.6 Å². The smallest absolute Gasteiger partial charge is 0.133 e. The predicted molar refractivity (Wildman–Crippen MR) is 41.6 cm³/mol. The molecule has 1 aromatic rings. The van der Waals surface area contributed by atoms with Gasteiger partial charge in [-0.2, -0.15) is 4.73 Å². The lowest BCUT2D eigenvalue weighted by atomic mass is 10.7. The van der Waals surface area contributed by atoms with Gasteiger partial charge >= 0.3 is 0 Å². The molecule has 1 rings (SSSR count). The summed E-state index contributed by atoms with van der Waals surface area (Å²) in [7, 11) is 0. The molecular formula is C6H10N2OS.